The van der Waals surface area contributed by atoms with Crippen molar-refractivity contribution >= 4 is 29.9 Å². The maximum Gasteiger partial charge on any atom is 0.190 e. The van der Waals surface area contributed by atoms with Crippen LogP contribution in [0.2, 0.25) is 0 Å². The Kier molecular flexibility index (Phi) is 14.5. The number of aliphatic imine (C=N–C) groups is 1. The van der Waals surface area contributed by atoms with Crippen LogP contribution in [-0.2, 0) is 9.47 Å². The molecule has 0 aromatic carbocycles. The van der Waals surface area contributed by atoms with Crippen LogP contribution < -0.4 is 10.6 Å². The number of nitrogens with one attached hydrogen (secondary N) is 2. The second kappa shape index (κ2) is 15.7. The molecule has 2 aliphatic rings. The van der Waals surface area contributed by atoms with E-state index in [1.54, 1.807) is 0 Å². The first-order valence-corrected chi connectivity index (χ1v) is 10.4. The zero-order valence-corrected chi connectivity index (χ0v) is 19.6. The van der Waals surface area contributed by atoms with Crippen LogP contribution >= 0.6 is 24.0 Å². The van der Waals surface area contributed by atoms with Crippen molar-refractivity contribution in [2.75, 3.05) is 79.2 Å². The van der Waals surface area contributed by atoms with Gasteiger partial charge in [0.05, 0.1) is 12.7 Å². The Morgan fingerprint density at radius 3 is 2.41 bits per heavy atom. The molecule has 0 amide bonds. The van der Waals surface area contributed by atoms with Crippen molar-refractivity contribution in [3.05, 3.63) is 0 Å². The topological polar surface area (TPSA) is 61.4 Å². The first kappa shape index (κ1) is 24.9. The molecule has 0 aliphatic carbocycles. The maximum absolute atomic E-state index is 5.77. The second-order valence-corrected chi connectivity index (χ2v) is 7.12. The number of nitrogens with zero attached hydrogens (tertiary/aromatic N) is 3. The van der Waals surface area contributed by atoms with E-state index >= 15 is 0 Å². The number of halogens is 1. The van der Waals surface area contributed by atoms with Crippen molar-refractivity contribution in [2.45, 2.75) is 38.7 Å². The van der Waals surface area contributed by atoms with Crippen LogP contribution in [0, 0.1) is 0 Å². The highest BCUT2D eigenvalue weighted by atomic mass is 127. The van der Waals surface area contributed by atoms with Gasteiger partial charge in [0, 0.05) is 59.5 Å². The van der Waals surface area contributed by atoms with Crippen molar-refractivity contribution in [2.24, 2.45) is 4.99 Å². The van der Waals surface area contributed by atoms with Crippen LogP contribution in [0.3, 0.4) is 0 Å². The van der Waals surface area contributed by atoms with Crippen LogP contribution in [0.4, 0.5) is 0 Å². The summed E-state index contributed by atoms with van der Waals surface area (Å²) in [5.41, 5.74) is 0. The molecule has 1 atom stereocenters. The average Bonchev–Trinajstić information content (AvgIpc) is 3.20. The monoisotopic (exact) mass is 497 g/mol. The lowest BCUT2D eigenvalue weighted by atomic mass is 10.2. The van der Waals surface area contributed by atoms with Gasteiger partial charge >= 0.3 is 0 Å². The van der Waals surface area contributed by atoms with E-state index in [2.05, 4.69) is 32.3 Å². The fourth-order valence-corrected chi connectivity index (χ4v) is 3.39. The predicted octanol–water partition coefficient (Wildman–Crippen LogP) is 1.38. The third-order valence-corrected chi connectivity index (χ3v) is 5.18. The van der Waals surface area contributed by atoms with E-state index in [0.29, 0.717) is 6.10 Å². The van der Waals surface area contributed by atoms with Gasteiger partial charge in [-0.3, -0.25) is 4.99 Å². The number of hydrogen-bond donors (Lipinski definition) is 2. The number of rotatable bonds is 11. The fourth-order valence-electron chi connectivity index (χ4n) is 3.39. The highest BCUT2D eigenvalue weighted by Gasteiger charge is 2.15. The van der Waals surface area contributed by atoms with Crippen LogP contribution in [0.15, 0.2) is 4.99 Å². The molecule has 2 N–H and O–H groups in total. The third-order valence-electron chi connectivity index (χ3n) is 5.18. The van der Waals surface area contributed by atoms with Gasteiger partial charge in [0.15, 0.2) is 5.96 Å². The van der Waals surface area contributed by atoms with E-state index < -0.39 is 0 Å². The summed E-state index contributed by atoms with van der Waals surface area (Å²) in [6.07, 6.45) is 4.75. The summed E-state index contributed by atoms with van der Waals surface area (Å²) in [5.74, 6) is 0.894. The number of guanidine groups is 1. The fraction of sp³-hybridized carbons (Fsp3) is 0.947. The van der Waals surface area contributed by atoms with Crippen molar-refractivity contribution in [3.63, 3.8) is 0 Å². The van der Waals surface area contributed by atoms with Gasteiger partial charge in [0.25, 0.3) is 0 Å². The summed E-state index contributed by atoms with van der Waals surface area (Å²) < 4.78 is 11.1. The number of likely N-dealkylation sites (N-methyl/N-ethyl adjacent to an activating group) is 1. The lowest BCUT2D eigenvalue weighted by Gasteiger charge is -2.34. The minimum absolute atomic E-state index is 0. The molecular weight excluding hydrogens is 457 g/mol. The normalized spacial score (nSPS) is 21.9. The molecule has 0 aromatic rings. The number of ether oxygens (including phenoxy) is 2. The maximum atomic E-state index is 5.77. The largest absolute Gasteiger partial charge is 0.379 e. The van der Waals surface area contributed by atoms with E-state index in [1.807, 2.05) is 7.05 Å². The van der Waals surface area contributed by atoms with Gasteiger partial charge in [-0.25, -0.2) is 0 Å². The molecule has 7 nitrogen and oxygen atoms in total. The summed E-state index contributed by atoms with van der Waals surface area (Å²) in [7, 11) is 1.83. The Labute approximate surface area is 182 Å². The van der Waals surface area contributed by atoms with Crippen LogP contribution in [-0.4, -0.2) is 101 Å². The van der Waals surface area contributed by atoms with Gasteiger partial charge < -0.3 is 29.9 Å². The zero-order chi connectivity index (χ0) is 18.5. The molecule has 27 heavy (non-hydrogen) atoms. The van der Waals surface area contributed by atoms with E-state index in [-0.39, 0.29) is 24.0 Å². The second-order valence-electron chi connectivity index (χ2n) is 7.12. The molecule has 2 fully saturated rings. The summed E-state index contributed by atoms with van der Waals surface area (Å²) in [6, 6.07) is 0. The number of hydrogen-bond acceptors (Lipinski definition) is 5. The van der Waals surface area contributed by atoms with Crippen molar-refractivity contribution in [1.29, 1.82) is 0 Å². The van der Waals surface area contributed by atoms with Crippen LogP contribution in [0.25, 0.3) is 0 Å². The lowest BCUT2D eigenvalue weighted by molar-refractivity contribution is 0.0420. The van der Waals surface area contributed by atoms with Gasteiger partial charge in [-0.1, -0.05) is 6.92 Å². The Balaban J connectivity index is 0.00000364. The predicted molar refractivity (Wildman–Crippen MR) is 122 cm³/mol. The number of piperazine rings is 1. The molecule has 0 saturated carbocycles. The Bertz CT molecular complexity index is 386. The van der Waals surface area contributed by atoms with Crippen molar-refractivity contribution in [3.8, 4) is 0 Å². The van der Waals surface area contributed by atoms with Gasteiger partial charge in [-0.2, -0.15) is 0 Å². The highest BCUT2D eigenvalue weighted by Crippen LogP contribution is 2.07. The molecule has 2 aliphatic heterocycles. The summed E-state index contributed by atoms with van der Waals surface area (Å²) >= 11 is 0. The summed E-state index contributed by atoms with van der Waals surface area (Å²) in [5, 5.41) is 6.76. The minimum Gasteiger partial charge on any atom is -0.379 e. The highest BCUT2D eigenvalue weighted by molar-refractivity contribution is 14.0. The SMILES string of the molecule is CCN1CCN(CCCCNC(=NC)NCCCOC2CCOC2)CC1.I. The average molecular weight is 497 g/mol. The molecule has 0 aromatic heterocycles. The zero-order valence-electron chi connectivity index (χ0n) is 17.3. The molecule has 160 valence electrons. The van der Waals surface area contributed by atoms with E-state index in [4.69, 9.17) is 9.47 Å². The molecule has 1 unspecified atom stereocenters. The lowest BCUT2D eigenvalue weighted by Crippen LogP contribution is -2.46. The van der Waals surface area contributed by atoms with E-state index in [9.17, 15) is 0 Å². The van der Waals surface area contributed by atoms with Gasteiger partial charge in [-0.15, -0.1) is 24.0 Å². The van der Waals surface area contributed by atoms with Crippen LogP contribution in [0.5, 0.6) is 0 Å². The Hall–Kier alpha value is -0.160. The summed E-state index contributed by atoms with van der Waals surface area (Å²) in [6.45, 7) is 13.8. The van der Waals surface area contributed by atoms with Gasteiger partial charge in [0.1, 0.15) is 0 Å². The van der Waals surface area contributed by atoms with Gasteiger partial charge in [-0.05, 0) is 38.8 Å². The van der Waals surface area contributed by atoms with Gasteiger partial charge in [0.2, 0.25) is 0 Å². The first-order valence-electron chi connectivity index (χ1n) is 10.4. The molecule has 0 spiro atoms. The molecule has 0 radical (unpaired) electrons. The van der Waals surface area contributed by atoms with Crippen LogP contribution in [0.1, 0.15) is 32.6 Å². The molecule has 2 saturated heterocycles. The van der Waals surface area contributed by atoms with E-state index in [0.717, 1.165) is 51.7 Å². The quantitative estimate of drug-likeness (QED) is 0.195. The minimum atomic E-state index is 0. The molecule has 0 bridgehead atoms. The first-order chi connectivity index (χ1) is 12.8. The molecule has 2 heterocycles. The Morgan fingerprint density at radius 1 is 1.07 bits per heavy atom. The standard InChI is InChI=1S/C19H39N5O2.HI/c1-3-23-11-13-24(14-12-23)10-5-4-8-21-19(20-2)22-9-6-15-26-18-7-16-25-17-18;/h18H,3-17H2,1-2H3,(H2,20,21,22);1H. The van der Waals surface area contributed by atoms with E-state index in [1.165, 1.54) is 52.1 Å². The summed E-state index contributed by atoms with van der Waals surface area (Å²) in [4.78, 5) is 9.41. The molecule has 8 heteroatoms. The van der Waals surface area contributed by atoms with Crippen molar-refractivity contribution < 1.29 is 9.47 Å². The Morgan fingerprint density at radius 2 is 1.78 bits per heavy atom. The molecule has 2 rings (SSSR count). The molecular formula is C19H40IN5O2. The third kappa shape index (κ3) is 10.8. The van der Waals surface area contributed by atoms with Crippen molar-refractivity contribution in [1.82, 2.24) is 20.4 Å². The smallest absolute Gasteiger partial charge is 0.190 e. The number of unbranched alkanes of at least 4 members (excludes halogenated alkanes) is 1.